The average molecular weight is 241 g/mol. The third kappa shape index (κ3) is 1.96. The van der Waals surface area contributed by atoms with Gasteiger partial charge in [-0.05, 0) is 12.1 Å². The van der Waals surface area contributed by atoms with Gasteiger partial charge in [-0.1, -0.05) is 23.7 Å². The molecule has 0 bridgehead atoms. The zero-order valence-corrected chi connectivity index (χ0v) is 9.60. The van der Waals surface area contributed by atoms with Crippen molar-refractivity contribution in [2.24, 2.45) is 0 Å². The van der Waals surface area contributed by atoms with Crippen molar-refractivity contribution in [2.75, 3.05) is 6.26 Å². The normalized spacial score (nSPS) is 12.7. The summed E-state index contributed by atoms with van der Waals surface area (Å²) < 4.78 is 11.6. The molecule has 0 aliphatic rings. The highest BCUT2D eigenvalue weighted by Gasteiger charge is 2.12. The van der Waals surface area contributed by atoms with Crippen molar-refractivity contribution in [3.63, 3.8) is 0 Å². The summed E-state index contributed by atoms with van der Waals surface area (Å²) in [5, 5.41) is 7.21. The monoisotopic (exact) mass is 240 g/mol. The van der Waals surface area contributed by atoms with Gasteiger partial charge in [-0.2, -0.15) is 5.10 Å². The zero-order valence-electron chi connectivity index (χ0n) is 8.03. The summed E-state index contributed by atoms with van der Waals surface area (Å²) in [4.78, 5) is 0.642. The minimum Gasteiger partial charge on any atom is -0.278 e. The van der Waals surface area contributed by atoms with Gasteiger partial charge in [0.05, 0.1) is 26.4 Å². The van der Waals surface area contributed by atoms with E-state index in [2.05, 4.69) is 10.2 Å². The molecule has 0 saturated heterocycles. The number of nitrogens with one attached hydrogen (secondary N) is 1. The minimum absolute atomic E-state index is 0.517. The molecule has 1 N–H and O–H groups in total. The lowest BCUT2D eigenvalue weighted by Crippen LogP contribution is -1.93. The van der Waals surface area contributed by atoms with Crippen molar-refractivity contribution >= 4 is 22.4 Å². The summed E-state index contributed by atoms with van der Waals surface area (Å²) in [6.45, 7) is 0. The molecule has 1 aromatic carbocycles. The molecule has 0 aliphatic heterocycles. The quantitative estimate of drug-likeness (QED) is 0.877. The summed E-state index contributed by atoms with van der Waals surface area (Å²) in [6, 6.07) is 7.26. The van der Waals surface area contributed by atoms with Crippen LogP contribution in [0.15, 0.2) is 35.4 Å². The summed E-state index contributed by atoms with van der Waals surface area (Å²) in [5.41, 5.74) is 1.66. The Bertz CT molecular complexity index is 496. The molecular weight excluding hydrogens is 232 g/mol. The van der Waals surface area contributed by atoms with Gasteiger partial charge in [0.2, 0.25) is 0 Å². The van der Waals surface area contributed by atoms with Crippen LogP contribution in [0.4, 0.5) is 0 Å². The number of nitrogens with zero attached hydrogens (tertiary/aromatic N) is 1. The van der Waals surface area contributed by atoms with E-state index >= 15 is 0 Å². The highest BCUT2D eigenvalue weighted by atomic mass is 35.5. The smallest absolute Gasteiger partial charge is 0.0665 e. The molecule has 2 rings (SSSR count). The van der Waals surface area contributed by atoms with E-state index in [4.69, 9.17) is 11.6 Å². The van der Waals surface area contributed by atoms with Crippen molar-refractivity contribution in [2.45, 2.75) is 4.90 Å². The van der Waals surface area contributed by atoms with Gasteiger partial charge in [-0.15, -0.1) is 0 Å². The second-order valence-corrected chi connectivity index (χ2v) is 4.76. The van der Waals surface area contributed by atoms with E-state index in [1.807, 2.05) is 18.2 Å². The molecule has 1 atom stereocenters. The average Bonchev–Trinajstić information content (AvgIpc) is 2.69. The lowest BCUT2D eigenvalue weighted by atomic mass is 10.1. The first-order valence-electron chi connectivity index (χ1n) is 4.32. The van der Waals surface area contributed by atoms with Gasteiger partial charge in [0, 0.05) is 18.0 Å². The molecule has 0 amide bonds. The van der Waals surface area contributed by atoms with Gasteiger partial charge in [0.15, 0.2) is 0 Å². The molecule has 2 aromatic rings. The third-order valence-corrected chi connectivity index (χ3v) is 3.49. The molecule has 0 fully saturated rings. The highest BCUT2D eigenvalue weighted by molar-refractivity contribution is 7.84. The predicted octanol–water partition coefficient (Wildman–Crippen LogP) is 2.47. The molecule has 0 aliphatic carbocycles. The number of benzene rings is 1. The first-order valence-corrected chi connectivity index (χ1v) is 6.25. The van der Waals surface area contributed by atoms with E-state index in [1.165, 1.54) is 0 Å². The Labute approximate surface area is 94.9 Å². The number of hydrogen-bond acceptors (Lipinski definition) is 2. The molecule has 78 valence electrons. The van der Waals surface area contributed by atoms with Gasteiger partial charge in [-0.25, -0.2) is 0 Å². The van der Waals surface area contributed by atoms with Crippen LogP contribution in [-0.4, -0.2) is 20.7 Å². The second kappa shape index (κ2) is 4.16. The Kier molecular flexibility index (Phi) is 2.88. The maximum Gasteiger partial charge on any atom is 0.0665 e. The first kappa shape index (κ1) is 10.4. The van der Waals surface area contributed by atoms with Crippen LogP contribution in [0.5, 0.6) is 0 Å². The molecule has 1 heterocycles. The molecule has 3 nitrogen and oxygen atoms in total. The van der Waals surface area contributed by atoms with Crippen molar-refractivity contribution in [3.8, 4) is 11.3 Å². The van der Waals surface area contributed by atoms with Crippen molar-refractivity contribution in [1.82, 2.24) is 10.2 Å². The van der Waals surface area contributed by atoms with Crippen molar-refractivity contribution < 1.29 is 4.21 Å². The van der Waals surface area contributed by atoms with Crippen LogP contribution in [0.3, 0.4) is 0 Å². The van der Waals surface area contributed by atoms with Crippen molar-refractivity contribution in [3.05, 3.63) is 35.5 Å². The van der Waals surface area contributed by atoms with Crippen LogP contribution in [-0.2, 0) is 10.8 Å². The molecule has 0 radical (unpaired) electrons. The SMILES string of the molecule is CS(=O)c1c(Cl)cccc1-c1ccn[nH]1. The number of H-pyrrole nitrogens is 1. The maximum absolute atomic E-state index is 11.6. The van der Waals surface area contributed by atoms with Crippen LogP contribution >= 0.6 is 11.6 Å². The lowest BCUT2D eigenvalue weighted by molar-refractivity contribution is 0.687. The van der Waals surface area contributed by atoms with E-state index in [-0.39, 0.29) is 0 Å². The maximum atomic E-state index is 11.6. The fourth-order valence-corrected chi connectivity index (χ4v) is 2.75. The summed E-state index contributed by atoms with van der Waals surface area (Å²) in [6.07, 6.45) is 3.26. The molecule has 15 heavy (non-hydrogen) atoms. The number of aromatic nitrogens is 2. The zero-order chi connectivity index (χ0) is 10.8. The van der Waals surface area contributed by atoms with E-state index in [0.29, 0.717) is 9.92 Å². The lowest BCUT2D eigenvalue weighted by Gasteiger charge is -2.06. The molecule has 5 heteroatoms. The Morgan fingerprint density at radius 1 is 1.40 bits per heavy atom. The third-order valence-electron chi connectivity index (χ3n) is 2.05. The summed E-state index contributed by atoms with van der Waals surface area (Å²) >= 11 is 6.01. The van der Waals surface area contributed by atoms with Crippen LogP contribution in [0, 0.1) is 0 Å². The topological polar surface area (TPSA) is 45.8 Å². The van der Waals surface area contributed by atoms with Gasteiger partial charge in [0.1, 0.15) is 0 Å². The number of aromatic amines is 1. The van der Waals surface area contributed by atoms with Crippen molar-refractivity contribution in [1.29, 1.82) is 0 Å². The molecule has 0 saturated carbocycles. The minimum atomic E-state index is -1.12. The van der Waals surface area contributed by atoms with E-state index in [9.17, 15) is 4.21 Å². The first-order chi connectivity index (χ1) is 7.20. The summed E-state index contributed by atoms with van der Waals surface area (Å²) in [5.74, 6) is 0. The van der Waals surface area contributed by atoms with Gasteiger partial charge in [0.25, 0.3) is 0 Å². The number of rotatable bonds is 2. The molecule has 0 spiro atoms. The standard InChI is InChI=1S/C10H9ClN2OS/c1-15(14)10-7(3-2-4-8(10)11)9-5-6-12-13-9/h2-6H,1H3,(H,12,13). The fourth-order valence-electron chi connectivity index (χ4n) is 1.42. The number of hydrogen-bond donors (Lipinski definition) is 1. The second-order valence-electron chi connectivity index (χ2n) is 3.04. The Hall–Kier alpha value is -1.13. The van der Waals surface area contributed by atoms with E-state index in [0.717, 1.165) is 11.3 Å². The highest BCUT2D eigenvalue weighted by Crippen LogP contribution is 2.29. The Balaban J connectivity index is 2.66. The number of halogens is 1. The molecule has 1 aromatic heterocycles. The fraction of sp³-hybridized carbons (Fsp3) is 0.100. The van der Waals surface area contributed by atoms with Crippen LogP contribution in [0.25, 0.3) is 11.3 Å². The Morgan fingerprint density at radius 3 is 2.80 bits per heavy atom. The molecule has 1 unspecified atom stereocenters. The van der Waals surface area contributed by atoms with Gasteiger partial charge >= 0.3 is 0 Å². The predicted molar refractivity (Wildman–Crippen MR) is 61.4 cm³/mol. The van der Waals surface area contributed by atoms with Crippen LogP contribution in [0.2, 0.25) is 5.02 Å². The molecular formula is C10H9ClN2OS. The largest absolute Gasteiger partial charge is 0.278 e. The van der Waals surface area contributed by atoms with E-state index in [1.54, 1.807) is 18.5 Å². The van der Waals surface area contributed by atoms with Gasteiger partial charge in [-0.3, -0.25) is 9.31 Å². The van der Waals surface area contributed by atoms with Crippen LogP contribution in [0.1, 0.15) is 0 Å². The summed E-state index contributed by atoms with van der Waals surface area (Å²) in [7, 11) is -1.12. The van der Waals surface area contributed by atoms with Gasteiger partial charge < -0.3 is 0 Å². The Morgan fingerprint density at radius 2 is 2.20 bits per heavy atom. The van der Waals surface area contributed by atoms with E-state index < -0.39 is 10.8 Å². The van der Waals surface area contributed by atoms with Crippen LogP contribution < -0.4 is 0 Å².